The molecule has 2 aliphatic carbocycles. The van der Waals surface area contributed by atoms with E-state index in [9.17, 15) is 4.79 Å². The minimum Gasteiger partial charge on any atom is -0.458 e. The van der Waals surface area contributed by atoms with Gasteiger partial charge in [-0.15, -0.1) is 0 Å². The molecule has 178 valence electrons. The number of benzene rings is 2. The van der Waals surface area contributed by atoms with Gasteiger partial charge in [0.2, 0.25) is 6.67 Å². The molecule has 34 heavy (non-hydrogen) atoms. The standard InChI is InChI=1S/C30H36N2O2/c1-18-9-20(3)28(21(4)10-18)31-15-26(34-30(33)27-14-24-7-8-25(27)13-24)16-32(17-31)29-22(5)11-19(2)12-23(29)6/h7-12,24-27H,13-16H2,1-6H3. The van der Waals surface area contributed by atoms with Gasteiger partial charge in [0, 0.05) is 11.4 Å². The highest BCUT2D eigenvalue weighted by molar-refractivity contribution is 5.75. The van der Waals surface area contributed by atoms with Crippen LogP contribution in [0.5, 0.6) is 0 Å². The molecule has 2 aromatic rings. The molecule has 3 unspecified atom stereocenters. The van der Waals surface area contributed by atoms with Crippen LogP contribution in [0.4, 0.5) is 11.4 Å². The van der Waals surface area contributed by atoms with Crippen molar-refractivity contribution in [3.05, 3.63) is 76.5 Å². The second kappa shape index (κ2) is 8.79. The van der Waals surface area contributed by atoms with E-state index in [0.717, 1.165) is 24.2 Å². The molecule has 4 nitrogen and oxygen atoms in total. The molecule has 3 aliphatic rings. The van der Waals surface area contributed by atoms with Gasteiger partial charge in [-0.25, -0.2) is 0 Å². The molecule has 2 aromatic carbocycles. The molecular formula is C30H36N2O2. The zero-order valence-corrected chi connectivity index (χ0v) is 21.3. The molecule has 4 heteroatoms. The SMILES string of the molecule is Cc1cc(C)c(N2[C]N(c3c(C)cc(C)cc3C)CC(OC(=O)C3CC4C=CC3C4)C2)c(C)c1. The highest BCUT2D eigenvalue weighted by Crippen LogP contribution is 2.44. The maximum absolute atomic E-state index is 13.2. The Balaban J connectivity index is 1.46. The van der Waals surface area contributed by atoms with E-state index in [4.69, 9.17) is 4.74 Å². The van der Waals surface area contributed by atoms with Crippen LogP contribution in [0.25, 0.3) is 0 Å². The van der Waals surface area contributed by atoms with Gasteiger partial charge in [0.05, 0.1) is 19.0 Å². The van der Waals surface area contributed by atoms with Crippen molar-refractivity contribution in [2.75, 3.05) is 22.9 Å². The number of esters is 1. The first kappa shape index (κ1) is 23.0. The second-order valence-electron chi connectivity index (χ2n) is 10.8. The molecule has 1 saturated heterocycles. The van der Waals surface area contributed by atoms with Crippen molar-refractivity contribution in [3.63, 3.8) is 0 Å². The third kappa shape index (κ3) is 4.23. The van der Waals surface area contributed by atoms with Crippen molar-refractivity contribution >= 4 is 17.3 Å². The van der Waals surface area contributed by atoms with Gasteiger partial charge in [-0.1, -0.05) is 47.5 Å². The predicted octanol–water partition coefficient (Wildman–Crippen LogP) is 5.98. The quantitative estimate of drug-likeness (QED) is 0.418. The summed E-state index contributed by atoms with van der Waals surface area (Å²) in [5.41, 5.74) is 9.68. The smallest absolute Gasteiger partial charge is 0.309 e. The van der Waals surface area contributed by atoms with Gasteiger partial charge in [0.25, 0.3) is 0 Å². The average Bonchev–Trinajstić information content (AvgIpc) is 3.36. The number of fused-ring (bicyclic) bond motifs is 2. The summed E-state index contributed by atoms with van der Waals surface area (Å²) in [7, 11) is 0. The molecule has 2 bridgehead atoms. The number of carbonyl (C=O) groups excluding carboxylic acids is 1. The lowest BCUT2D eigenvalue weighted by molar-refractivity contribution is -0.154. The van der Waals surface area contributed by atoms with Gasteiger partial charge < -0.3 is 14.5 Å². The van der Waals surface area contributed by atoms with E-state index in [1.165, 1.54) is 33.4 Å². The number of hydrogen-bond acceptors (Lipinski definition) is 4. The average molecular weight is 457 g/mol. The van der Waals surface area contributed by atoms with Crippen LogP contribution in [0.3, 0.4) is 0 Å². The lowest BCUT2D eigenvalue weighted by Gasteiger charge is -2.42. The highest BCUT2D eigenvalue weighted by atomic mass is 16.5. The highest BCUT2D eigenvalue weighted by Gasteiger charge is 2.42. The van der Waals surface area contributed by atoms with Crippen molar-refractivity contribution in [2.24, 2.45) is 17.8 Å². The van der Waals surface area contributed by atoms with Gasteiger partial charge in [-0.05, 0) is 88.5 Å². The Morgan fingerprint density at radius 1 is 0.794 bits per heavy atom. The van der Waals surface area contributed by atoms with Gasteiger partial charge in [-0.2, -0.15) is 0 Å². The van der Waals surface area contributed by atoms with Crippen molar-refractivity contribution in [3.8, 4) is 0 Å². The van der Waals surface area contributed by atoms with Crippen LogP contribution in [-0.2, 0) is 9.53 Å². The third-order valence-electron chi connectivity index (χ3n) is 7.69. The molecule has 3 atom stereocenters. The Hall–Kier alpha value is -2.75. The van der Waals surface area contributed by atoms with Crippen LogP contribution in [-0.4, -0.2) is 25.2 Å². The monoisotopic (exact) mass is 456 g/mol. The van der Waals surface area contributed by atoms with E-state index in [0.29, 0.717) is 24.9 Å². The summed E-state index contributed by atoms with van der Waals surface area (Å²) in [6.45, 7) is 17.8. The molecule has 2 radical (unpaired) electrons. The predicted molar refractivity (Wildman–Crippen MR) is 138 cm³/mol. The summed E-state index contributed by atoms with van der Waals surface area (Å²) in [6.07, 6.45) is 6.31. The van der Waals surface area contributed by atoms with Crippen LogP contribution in [0, 0.1) is 66.0 Å². The zero-order valence-electron chi connectivity index (χ0n) is 21.3. The number of carbonyl (C=O) groups is 1. The van der Waals surface area contributed by atoms with Crippen molar-refractivity contribution < 1.29 is 9.53 Å². The molecule has 5 rings (SSSR count). The van der Waals surface area contributed by atoms with Crippen LogP contribution in [0.15, 0.2) is 36.4 Å². The first-order valence-corrected chi connectivity index (χ1v) is 12.6. The fourth-order valence-electron chi connectivity index (χ4n) is 6.55. The van der Waals surface area contributed by atoms with Crippen molar-refractivity contribution in [1.82, 2.24) is 0 Å². The minimum absolute atomic E-state index is 0.0116. The summed E-state index contributed by atoms with van der Waals surface area (Å²) in [5, 5.41) is 0. The summed E-state index contributed by atoms with van der Waals surface area (Å²) in [5.74, 6) is 0.893. The molecule has 0 aromatic heterocycles. The fourth-order valence-corrected chi connectivity index (χ4v) is 6.55. The van der Waals surface area contributed by atoms with Gasteiger partial charge in [0.15, 0.2) is 0 Å². The summed E-state index contributed by atoms with van der Waals surface area (Å²) < 4.78 is 6.24. The fraction of sp³-hybridized carbons (Fsp3) is 0.467. The third-order valence-corrected chi connectivity index (χ3v) is 7.69. The van der Waals surface area contributed by atoms with Crippen molar-refractivity contribution in [1.29, 1.82) is 0 Å². The number of allylic oxidation sites excluding steroid dienone is 2. The maximum Gasteiger partial charge on any atom is 0.309 e. The number of rotatable bonds is 4. The Morgan fingerprint density at radius 3 is 1.71 bits per heavy atom. The number of nitrogens with zero attached hydrogens (tertiary/aromatic N) is 2. The largest absolute Gasteiger partial charge is 0.458 e. The first-order valence-electron chi connectivity index (χ1n) is 12.6. The molecular weight excluding hydrogens is 420 g/mol. The Morgan fingerprint density at radius 2 is 1.29 bits per heavy atom. The topological polar surface area (TPSA) is 32.8 Å². The number of aryl methyl sites for hydroxylation is 6. The van der Waals surface area contributed by atoms with E-state index in [2.05, 4.69) is 94.4 Å². The van der Waals surface area contributed by atoms with Gasteiger partial charge >= 0.3 is 5.97 Å². The number of hydrogen-bond donors (Lipinski definition) is 0. The second-order valence-corrected chi connectivity index (χ2v) is 10.8. The first-order chi connectivity index (χ1) is 16.2. The van der Waals surface area contributed by atoms with E-state index in [1.807, 2.05) is 0 Å². The summed E-state index contributed by atoms with van der Waals surface area (Å²) in [6, 6.07) is 8.86. The van der Waals surface area contributed by atoms with E-state index in [-0.39, 0.29) is 18.0 Å². The lowest BCUT2D eigenvalue weighted by atomic mass is 9.94. The number of anilines is 2. The van der Waals surface area contributed by atoms with Gasteiger partial charge in [0.1, 0.15) is 6.10 Å². The van der Waals surface area contributed by atoms with Gasteiger partial charge in [-0.3, -0.25) is 4.79 Å². The molecule has 1 aliphatic heterocycles. The molecule has 1 saturated carbocycles. The Bertz CT molecular complexity index is 1040. The Labute approximate surface area is 204 Å². The summed E-state index contributed by atoms with van der Waals surface area (Å²) >= 11 is 0. The van der Waals surface area contributed by atoms with E-state index < -0.39 is 0 Å². The number of ether oxygens (including phenoxy) is 1. The van der Waals surface area contributed by atoms with E-state index >= 15 is 0 Å². The molecule has 0 N–H and O–H groups in total. The normalized spacial score (nSPS) is 24.2. The maximum atomic E-state index is 13.2. The van der Waals surface area contributed by atoms with Crippen LogP contribution >= 0.6 is 0 Å². The minimum atomic E-state index is -0.225. The van der Waals surface area contributed by atoms with Crippen LogP contribution in [0.2, 0.25) is 0 Å². The van der Waals surface area contributed by atoms with E-state index in [1.54, 1.807) is 0 Å². The molecule has 0 amide bonds. The molecule has 2 fully saturated rings. The van der Waals surface area contributed by atoms with Crippen LogP contribution < -0.4 is 9.80 Å². The van der Waals surface area contributed by atoms with Crippen LogP contribution in [0.1, 0.15) is 46.2 Å². The van der Waals surface area contributed by atoms with Crippen molar-refractivity contribution in [2.45, 2.75) is 60.5 Å². The summed E-state index contributed by atoms with van der Waals surface area (Å²) in [4.78, 5) is 17.6. The zero-order chi connectivity index (χ0) is 24.1. The lowest BCUT2D eigenvalue weighted by Crippen LogP contribution is -2.51. The molecule has 0 spiro atoms. The molecule has 1 heterocycles. The Kier molecular flexibility index (Phi) is 5.95.